The lowest BCUT2D eigenvalue weighted by Gasteiger charge is -2.33. The molecule has 3 heterocycles. The van der Waals surface area contributed by atoms with Gasteiger partial charge in [0.25, 0.3) is 11.8 Å². The maximum atomic E-state index is 13.2. The zero-order valence-electron chi connectivity index (χ0n) is 18.0. The number of likely N-dealkylation sites (tertiary alicyclic amines) is 1. The van der Waals surface area contributed by atoms with Gasteiger partial charge in [0.2, 0.25) is 11.8 Å². The maximum absolute atomic E-state index is 13.2. The van der Waals surface area contributed by atoms with Crippen molar-refractivity contribution in [3.63, 3.8) is 0 Å². The molecule has 4 amide bonds. The quantitative estimate of drug-likeness (QED) is 0.506. The molecule has 0 spiro atoms. The SMILES string of the molecule is CCCCNC1CCN(Cc2cccc3c2C(=O)N(C2CCC(=O)NC2=O)C3=O)CC1. The molecule has 0 aliphatic carbocycles. The fraction of sp³-hybridized carbons (Fsp3) is 0.565. The number of benzene rings is 1. The molecule has 8 nitrogen and oxygen atoms in total. The van der Waals surface area contributed by atoms with Crippen molar-refractivity contribution in [2.45, 2.75) is 64.1 Å². The molecule has 2 saturated heterocycles. The summed E-state index contributed by atoms with van der Waals surface area (Å²) in [5, 5.41) is 5.86. The average Bonchev–Trinajstić information content (AvgIpc) is 3.01. The van der Waals surface area contributed by atoms with Gasteiger partial charge >= 0.3 is 0 Å². The number of hydrogen-bond donors (Lipinski definition) is 2. The second kappa shape index (κ2) is 9.28. The Morgan fingerprint density at radius 1 is 1.06 bits per heavy atom. The van der Waals surface area contributed by atoms with E-state index >= 15 is 0 Å². The Kier molecular flexibility index (Phi) is 6.48. The van der Waals surface area contributed by atoms with E-state index in [4.69, 9.17) is 0 Å². The van der Waals surface area contributed by atoms with E-state index in [-0.39, 0.29) is 18.7 Å². The molecule has 1 atom stereocenters. The van der Waals surface area contributed by atoms with Gasteiger partial charge < -0.3 is 5.32 Å². The minimum atomic E-state index is -0.928. The fourth-order valence-corrected chi connectivity index (χ4v) is 4.74. The molecule has 31 heavy (non-hydrogen) atoms. The van der Waals surface area contributed by atoms with Crippen molar-refractivity contribution in [3.05, 3.63) is 34.9 Å². The predicted octanol–water partition coefficient (Wildman–Crippen LogP) is 1.44. The van der Waals surface area contributed by atoms with E-state index in [1.165, 1.54) is 12.8 Å². The number of carbonyl (C=O) groups is 4. The molecule has 0 radical (unpaired) electrons. The van der Waals surface area contributed by atoms with Crippen molar-refractivity contribution >= 4 is 23.6 Å². The summed E-state index contributed by atoms with van der Waals surface area (Å²) < 4.78 is 0. The van der Waals surface area contributed by atoms with Crippen LogP contribution in [0.5, 0.6) is 0 Å². The molecule has 2 fully saturated rings. The summed E-state index contributed by atoms with van der Waals surface area (Å²) >= 11 is 0. The van der Waals surface area contributed by atoms with Crippen LogP contribution in [0.1, 0.15) is 71.7 Å². The highest BCUT2D eigenvalue weighted by atomic mass is 16.2. The number of fused-ring (bicyclic) bond motifs is 1. The van der Waals surface area contributed by atoms with Crippen LogP contribution in [0.15, 0.2) is 18.2 Å². The minimum absolute atomic E-state index is 0.123. The monoisotopic (exact) mass is 426 g/mol. The molecule has 3 aliphatic rings. The summed E-state index contributed by atoms with van der Waals surface area (Å²) in [6.07, 6.45) is 4.80. The topological polar surface area (TPSA) is 98.8 Å². The maximum Gasteiger partial charge on any atom is 0.262 e. The molecular formula is C23H30N4O4. The van der Waals surface area contributed by atoms with Crippen molar-refractivity contribution in [3.8, 4) is 0 Å². The van der Waals surface area contributed by atoms with Gasteiger partial charge in [0, 0.05) is 19.0 Å². The van der Waals surface area contributed by atoms with E-state index in [0.29, 0.717) is 23.7 Å². The van der Waals surface area contributed by atoms with Crippen molar-refractivity contribution < 1.29 is 19.2 Å². The van der Waals surface area contributed by atoms with Gasteiger partial charge in [-0.25, -0.2) is 0 Å². The molecule has 0 bridgehead atoms. The first kappa shape index (κ1) is 21.6. The first-order valence-corrected chi connectivity index (χ1v) is 11.3. The molecule has 2 N–H and O–H groups in total. The molecule has 1 aromatic carbocycles. The van der Waals surface area contributed by atoms with Gasteiger partial charge in [-0.05, 0) is 56.9 Å². The van der Waals surface area contributed by atoms with Crippen LogP contribution in [-0.2, 0) is 16.1 Å². The van der Waals surface area contributed by atoms with E-state index in [0.717, 1.165) is 42.9 Å². The Bertz CT molecular complexity index is 892. The highest BCUT2D eigenvalue weighted by Crippen LogP contribution is 2.31. The van der Waals surface area contributed by atoms with E-state index in [9.17, 15) is 19.2 Å². The Hall–Kier alpha value is -2.58. The first-order valence-electron chi connectivity index (χ1n) is 11.3. The lowest BCUT2D eigenvalue weighted by molar-refractivity contribution is -0.136. The van der Waals surface area contributed by atoms with Gasteiger partial charge in [0.1, 0.15) is 6.04 Å². The lowest BCUT2D eigenvalue weighted by Crippen LogP contribution is -2.54. The van der Waals surface area contributed by atoms with Crippen LogP contribution in [-0.4, -0.2) is 65.1 Å². The number of nitrogens with zero attached hydrogens (tertiary/aromatic N) is 2. The van der Waals surface area contributed by atoms with Gasteiger partial charge in [-0.1, -0.05) is 25.5 Å². The molecule has 4 rings (SSSR count). The molecule has 8 heteroatoms. The summed E-state index contributed by atoms with van der Waals surface area (Å²) in [6.45, 7) is 5.72. The zero-order valence-corrected chi connectivity index (χ0v) is 18.0. The number of imide groups is 2. The molecule has 1 aromatic rings. The summed E-state index contributed by atoms with van der Waals surface area (Å²) in [6, 6.07) is 4.95. The third-order valence-electron chi connectivity index (χ3n) is 6.50. The van der Waals surface area contributed by atoms with Crippen molar-refractivity contribution in [2.24, 2.45) is 0 Å². The largest absolute Gasteiger partial charge is 0.314 e. The van der Waals surface area contributed by atoms with Gasteiger partial charge in [0.05, 0.1) is 11.1 Å². The summed E-state index contributed by atoms with van der Waals surface area (Å²) in [4.78, 5) is 53.3. The number of nitrogens with one attached hydrogen (secondary N) is 2. The molecule has 166 valence electrons. The van der Waals surface area contributed by atoms with Crippen molar-refractivity contribution in [1.82, 2.24) is 20.4 Å². The number of piperidine rings is 2. The summed E-state index contributed by atoms with van der Waals surface area (Å²) in [7, 11) is 0. The standard InChI is InChI=1S/C23H30N4O4/c1-2-3-11-24-16-9-12-26(13-10-16)14-15-5-4-6-17-20(15)23(31)27(22(17)30)18-7-8-19(28)25-21(18)29/h4-6,16,18,24H,2-3,7-14H2,1H3,(H,25,28,29). The van der Waals surface area contributed by atoms with Crippen LogP contribution in [0, 0.1) is 0 Å². The van der Waals surface area contributed by atoms with E-state index < -0.39 is 23.8 Å². The normalized spacial score (nSPS) is 22.7. The summed E-state index contributed by atoms with van der Waals surface area (Å²) in [5.74, 6) is -1.83. The lowest BCUT2D eigenvalue weighted by atomic mass is 10.00. The van der Waals surface area contributed by atoms with Crippen LogP contribution in [0.3, 0.4) is 0 Å². The number of amides is 4. The number of hydrogen-bond acceptors (Lipinski definition) is 6. The Morgan fingerprint density at radius 2 is 1.84 bits per heavy atom. The van der Waals surface area contributed by atoms with Crippen molar-refractivity contribution in [1.29, 1.82) is 0 Å². The predicted molar refractivity (Wildman–Crippen MR) is 114 cm³/mol. The van der Waals surface area contributed by atoms with Crippen LogP contribution in [0.4, 0.5) is 0 Å². The zero-order chi connectivity index (χ0) is 22.0. The minimum Gasteiger partial charge on any atom is -0.314 e. The third-order valence-corrected chi connectivity index (χ3v) is 6.50. The van der Waals surface area contributed by atoms with Crippen LogP contribution >= 0.6 is 0 Å². The van der Waals surface area contributed by atoms with Crippen molar-refractivity contribution in [2.75, 3.05) is 19.6 Å². The molecular weight excluding hydrogens is 396 g/mol. The number of unbranched alkanes of at least 4 members (excludes halogenated alkanes) is 1. The smallest absolute Gasteiger partial charge is 0.262 e. The van der Waals surface area contributed by atoms with Crippen LogP contribution < -0.4 is 10.6 Å². The molecule has 1 unspecified atom stereocenters. The second-order valence-electron chi connectivity index (χ2n) is 8.65. The Labute approximate surface area is 182 Å². The van der Waals surface area contributed by atoms with E-state index in [1.54, 1.807) is 12.1 Å². The fourth-order valence-electron chi connectivity index (χ4n) is 4.74. The highest BCUT2D eigenvalue weighted by Gasteiger charge is 2.45. The third kappa shape index (κ3) is 4.41. The highest BCUT2D eigenvalue weighted by molar-refractivity contribution is 6.24. The van der Waals surface area contributed by atoms with Gasteiger partial charge in [0.15, 0.2) is 0 Å². The molecule has 0 saturated carbocycles. The van der Waals surface area contributed by atoms with Gasteiger partial charge in [-0.15, -0.1) is 0 Å². The number of rotatable bonds is 7. The molecule has 0 aromatic heterocycles. The Morgan fingerprint density at radius 3 is 2.55 bits per heavy atom. The Balaban J connectivity index is 1.45. The second-order valence-corrected chi connectivity index (χ2v) is 8.65. The average molecular weight is 427 g/mol. The van der Waals surface area contributed by atoms with E-state index in [2.05, 4.69) is 22.5 Å². The van der Waals surface area contributed by atoms with Gasteiger partial charge in [-0.3, -0.25) is 34.3 Å². The summed E-state index contributed by atoms with van der Waals surface area (Å²) in [5.41, 5.74) is 1.58. The van der Waals surface area contributed by atoms with Crippen LogP contribution in [0.2, 0.25) is 0 Å². The van der Waals surface area contributed by atoms with E-state index in [1.807, 2.05) is 6.07 Å². The van der Waals surface area contributed by atoms with Crippen LogP contribution in [0.25, 0.3) is 0 Å². The first-order chi connectivity index (χ1) is 15.0. The van der Waals surface area contributed by atoms with Gasteiger partial charge in [-0.2, -0.15) is 0 Å². The molecule has 3 aliphatic heterocycles. The number of carbonyl (C=O) groups excluding carboxylic acids is 4.